The third-order valence-electron chi connectivity index (χ3n) is 3.27. The van der Waals surface area contributed by atoms with Gasteiger partial charge in [0.2, 0.25) is 5.95 Å². The fraction of sp³-hybridized carbons (Fsp3) is 0.0556. The van der Waals surface area contributed by atoms with Crippen LogP contribution in [0.25, 0.3) is 11.3 Å². The van der Waals surface area contributed by atoms with Gasteiger partial charge in [-0.25, -0.2) is 9.97 Å². The number of hydrogen-bond acceptors (Lipinski definition) is 5. The van der Waals surface area contributed by atoms with E-state index in [-0.39, 0.29) is 5.95 Å². The summed E-state index contributed by atoms with van der Waals surface area (Å²) in [6.07, 6.45) is 0. The van der Waals surface area contributed by atoms with Gasteiger partial charge >= 0.3 is 0 Å². The van der Waals surface area contributed by atoms with Gasteiger partial charge in [-0.15, -0.1) is 11.8 Å². The molecule has 112 valence electrons. The molecule has 2 aromatic carbocycles. The van der Waals surface area contributed by atoms with Crippen molar-refractivity contribution in [2.45, 2.75) is 10.8 Å². The Kier molecular flexibility index (Phi) is 4.55. The normalized spacial score (nSPS) is 10.2. The minimum Gasteiger partial charge on any atom is -0.368 e. The summed E-state index contributed by atoms with van der Waals surface area (Å²) in [7, 11) is 0. The first-order chi connectivity index (χ1) is 11.3. The van der Waals surface area contributed by atoms with Crippen molar-refractivity contribution < 1.29 is 0 Å². The average Bonchev–Trinajstić information content (AvgIpc) is 2.61. The van der Waals surface area contributed by atoms with Gasteiger partial charge in [0.25, 0.3) is 0 Å². The Morgan fingerprint density at radius 1 is 0.957 bits per heavy atom. The summed E-state index contributed by atoms with van der Waals surface area (Å²) < 4.78 is 0. The molecule has 0 bridgehead atoms. The van der Waals surface area contributed by atoms with Crippen LogP contribution in [-0.4, -0.2) is 9.97 Å². The Hall–Kier alpha value is -2.84. The van der Waals surface area contributed by atoms with Gasteiger partial charge in [-0.2, -0.15) is 5.26 Å². The fourth-order valence-electron chi connectivity index (χ4n) is 2.19. The molecule has 0 aliphatic heterocycles. The molecule has 0 aliphatic carbocycles. The second-order valence-electron chi connectivity index (χ2n) is 4.86. The lowest BCUT2D eigenvalue weighted by atomic mass is 10.1. The number of benzene rings is 2. The molecule has 23 heavy (non-hydrogen) atoms. The Bertz CT molecular complexity index is 842. The quantitative estimate of drug-likeness (QED) is 0.583. The summed E-state index contributed by atoms with van der Waals surface area (Å²) in [6, 6.07) is 21.8. The number of thioether (sulfide) groups is 1. The molecule has 0 atom stereocenters. The number of aromatic nitrogens is 2. The van der Waals surface area contributed by atoms with E-state index >= 15 is 0 Å². The molecular weight excluding hydrogens is 304 g/mol. The second kappa shape index (κ2) is 6.95. The molecule has 3 rings (SSSR count). The zero-order valence-corrected chi connectivity index (χ0v) is 13.1. The maximum atomic E-state index is 9.56. The van der Waals surface area contributed by atoms with E-state index in [1.807, 2.05) is 60.7 Å². The molecule has 1 heterocycles. The number of nitrogen functional groups attached to an aromatic ring is 1. The highest BCUT2D eigenvalue weighted by atomic mass is 32.2. The molecule has 0 amide bonds. The number of nitrogens with two attached hydrogens (primary N) is 1. The lowest BCUT2D eigenvalue weighted by Crippen LogP contribution is -2.02. The van der Waals surface area contributed by atoms with Crippen molar-refractivity contribution in [1.82, 2.24) is 9.97 Å². The van der Waals surface area contributed by atoms with Gasteiger partial charge in [0.15, 0.2) is 0 Å². The van der Waals surface area contributed by atoms with Crippen molar-refractivity contribution in [2.24, 2.45) is 0 Å². The molecular formula is C18H14N4S. The average molecular weight is 318 g/mol. The zero-order chi connectivity index (χ0) is 16.1. The number of nitrogens with zero attached hydrogens (tertiary/aromatic N) is 3. The van der Waals surface area contributed by atoms with Crippen LogP contribution >= 0.6 is 11.8 Å². The minimum atomic E-state index is 0.179. The molecule has 0 saturated heterocycles. The van der Waals surface area contributed by atoms with Crippen LogP contribution in [0.3, 0.4) is 0 Å². The molecule has 2 N–H and O–H groups in total. The van der Waals surface area contributed by atoms with Crippen LogP contribution in [0.2, 0.25) is 0 Å². The van der Waals surface area contributed by atoms with Crippen molar-refractivity contribution in [3.8, 4) is 17.3 Å². The third-order valence-corrected chi connectivity index (χ3v) is 4.32. The molecule has 0 radical (unpaired) electrons. The smallest absolute Gasteiger partial charge is 0.221 e. The van der Waals surface area contributed by atoms with Crippen molar-refractivity contribution in [2.75, 3.05) is 5.73 Å². The first-order valence-corrected chi connectivity index (χ1v) is 8.06. The van der Waals surface area contributed by atoms with Crippen LogP contribution < -0.4 is 5.73 Å². The topological polar surface area (TPSA) is 75.6 Å². The van der Waals surface area contributed by atoms with Crippen LogP contribution in [0.5, 0.6) is 0 Å². The molecule has 5 heteroatoms. The predicted molar refractivity (Wildman–Crippen MR) is 92.6 cm³/mol. The summed E-state index contributed by atoms with van der Waals surface area (Å²) in [5, 5.41) is 10.2. The molecule has 1 aromatic heterocycles. The van der Waals surface area contributed by atoms with Gasteiger partial charge in [0.05, 0.1) is 5.69 Å². The number of nitriles is 1. The number of rotatable bonds is 4. The summed E-state index contributed by atoms with van der Waals surface area (Å²) in [5.41, 5.74) is 8.92. The molecule has 0 aliphatic rings. The third kappa shape index (κ3) is 3.50. The van der Waals surface area contributed by atoms with Gasteiger partial charge in [-0.05, 0) is 5.56 Å². The number of hydrogen-bond donors (Lipinski definition) is 1. The van der Waals surface area contributed by atoms with Crippen LogP contribution in [0, 0.1) is 11.3 Å². The van der Waals surface area contributed by atoms with Crippen LogP contribution in [0.15, 0.2) is 65.7 Å². The predicted octanol–water partition coefficient (Wildman–Crippen LogP) is 3.89. The lowest BCUT2D eigenvalue weighted by molar-refractivity contribution is 1.05. The van der Waals surface area contributed by atoms with E-state index in [1.165, 1.54) is 17.3 Å². The lowest BCUT2D eigenvalue weighted by Gasteiger charge is -2.09. The second-order valence-corrected chi connectivity index (χ2v) is 5.83. The van der Waals surface area contributed by atoms with Crippen molar-refractivity contribution >= 4 is 17.7 Å². The van der Waals surface area contributed by atoms with Crippen LogP contribution in [0.1, 0.15) is 11.1 Å². The SMILES string of the molecule is N#Cc1c(SCc2ccccc2)nc(N)nc1-c1ccccc1. The first-order valence-electron chi connectivity index (χ1n) is 7.07. The monoisotopic (exact) mass is 318 g/mol. The van der Waals surface area contributed by atoms with E-state index in [4.69, 9.17) is 5.73 Å². The van der Waals surface area contributed by atoms with Crippen LogP contribution in [0.4, 0.5) is 5.95 Å². The summed E-state index contributed by atoms with van der Waals surface area (Å²) in [4.78, 5) is 8.51. The van der Waals surface area contributed by atoms with Gasteiger partial charge in [0.1, 0.15) is 16.7 Å². The van der Waals surface area contributed by atoms with Gasteiger partial charge < -0.3 is 5.73 Å². The van der Waals surface area contributed by atoms with E-state index in [0.29, 0.717) is 16.3 Å². The van der Waals surface area contributed by atoms with Crippen molar-refractivity contribution in [1.29, 1.82) is 5.26 Å². The maximum Gasteiger partial charge on any atom is 0.221 e. The van der Waals surface area contributed by atoms with Crippen molar-refractivity contribution in [3.63, 3.8) is 0 Å². The molecule has 3 aromatic rings. The highest BCUT2D eigenvalue weighted by Crippen LogP contribution is 2.31. The van der Waals surface area contributed by atoms with Crippen LogP contribution in [-0.2, 0) is 5.75 Å². The standard InChI is InChI=1S/C18H14N4S/c19-11-15-16(14-9-5-2-6-10-14)21-18(20)22-17(15)23-12-13-7-3-1-4-8-13/h1-10H,12H2,(H2,20,21,22). The fourth-order valence-corrected chi connectivity index (χ4v) is 3.13. The van der Waals surface area contributed by atoms with E-state index in [9.17, 15) is 5.26 Å². The molecule has 0 saturated carbocycles. The van der Waals surface area contributed by atoms with E-state index in [2.05, 4.69) is 16.0 Å². The number of anilines is 1. The summed E-state index contributed by atoms with van der Waals surface area (Å²) in [6.45, 7) is 0. The largest absolute Gasteiger partial charge is 0.368 e. The van der Waals surface area contributed by atoms with Crippen molar-refractivity contribution in [3.05, 3.63) is 71.8 Å². The summed E-state index contributed by atoms with van der Waals surface area (Å²) in [5.74, 6) is 0.902. The first kappa shape index (κ1) is 15.1. The Balaban J connectivity index is 1.97. The molecule has 0 fully saturated rings. The maximum absolute atomic E-state index is 9.56. The van der Waals surface area contributed by atoms with Gasteiger partial charge in [-0.1, -0.05) is 60.7 Å². The Morgan fingerprint density at radius 2 is 1.61 bits per heavy atom. The highest BCUT2D eigenvalue weighted by molar-refractivity contribution is 7.98. The molecule has 4 nitrogen and oxygen atoms in total. The molecule has 0 spiro atoms. The zero-order valence-electron chi connectivity index (χ0n) is 12.3. The van der Waals surface area contributed by atoms with E-state index in [0.717, 1.165) is 11.3 Å². The Labute approximate surface area is 139 Å². The van der Waals surface area contributed by atoms with E-state index in [1.54, 1.807) is 0 Å². The summed E-state index contributed by atoms with van der Waals surface area (Å²) >= 11 is 1.49. The highest BCUT2D eigenvalue weighted by Gasteiger charge is 2.15. The minimum absolute atomic E-state index is 0.179. The molecule has 0 unspecified atom stereocenters. The van der Waals surface area contributed by atoms with E-state index < -0.39 is 0 Å². The van der Waals surface area contributed by atoms with Gasteiger partial charge in [-0.3, -0.25) is 0 Å². The Morgan fingerprint density at radius 3 is 2.26 bits per heavy atom. The van der Waals surface area contributed by atoms with Gasteiger partial charge in [0, 0.05) is 11.3 Å².